The van der Waals surface area contributed by atoms with Crippen molar-refractivity contribution in [2.75, 3.05) is 17.1 Å². The second-order valence-electron chi connectivity index (χ2n) is 4.66. The summed E-state index contributed by atoms with van der Waals surface area (Å²) in [6, 6.07) is 6.02. The van der Waals surface area contributed by atoms with Gasteiger partial charge in [0.25, 0.3) is 0 Å². The summed E-state index contributed by atoms with van der Waals surface area (Å²) in [5.41, 5.74) is 2.82. The summed E-state index contributed by atoms with van der Waals surface area (Å²) in [4.78, 5) is 0. The molecule has 1 aromatic rings. The Bertz CT molecular complexity index is 559. The van der Waals surface area contributed by atoms with Crippen molar-refractivity contribution in [3.8, 4) is 0 Å². The first-order valence-corrected chi connectivity index (χ1v) is 7.83. The molecular formula is C14H19NO2S. The highest BCUT2D eigenvalue weighted by atomic mass is 32.2. The molecule has 0 unspecified atom stereocenters. The highest BCUT2D eigenvalue weighted by molar-refractivity contribution is 7.92. The van der Waals surface area contributed by atoms with Crippen molar-refractivity contribution >= 4 is 21.8 Å². The van der Waals surface area contributed by atoms with Crippen LogP contribution in [-0.4, -0.2) is 21.2 Å². The maximum atomic E-state index is 12.0. The minimum absolute atomic E-state index is 0.105. The van der Waals surface area contributed by atoms with Gasteiger partial charge < -0.3 is 0 Å². The molecule has 4 heteroatoms. The van der Waals surface area contributed by atoms with E-state index in [1.165, 1.54) is 22.7 Å². The van der Waals surface area contributed by atoms with E-state index in [1.807, 2.05) is 12.1 Å². The van der Waals surface area contributed by atoms with Crippen molar-refractivity contribution in [2.24, 2.45) is 0 Å². The van der Waals surface area contributed by atoms with Crippen molar-refractivity contribution in [2.45, 2.75) is 25.7 Å². The Morgan fingerprint density at radius 2 is 2.11 bits per heavy atom. The van der Waals surface area contributed by atoms with Gasteiger partial charge in [0.2, 0.25) is 10.0 Å². The smallest absolute Gasteiger partial charge is 0.234 e. The van der Waals surface area contributed by atoms with Gasteiger partial charge in [-0.1, -0.05) is 24.8 Å². The minimum atomic E-state index is -3.22. The van der Waals surface area contributed by atoms with E-state index >= 15 is 0 Å². The third kappa shape index (κ3) is 2.43. The van der Waals surface area contributed by atoms with Crippen LogP contribution in [0.15, 0.2) is 24.8 Å². The molecule has 0 amide bonds. The summed E-state index contributed by atoms with van der Waals surface area (Å²) in [5, 5.41) is 0. The number of sulfonamides is 1. The lowest BCUT2D eigenvalue weighted by atomic mass is 10.1. The van der Waals surface area contributed by atoms with Gasteiger partial charge in [-0.15, -0.1) is 0 Å². The summed E-state index contributed by atoms with van der Waals surface area (Å²) in [6.07, 6.45) is 4.11. The second kappa shape index (κ2) is 4.76. The molecule has 18 heavy (non-hydrogen) atoms. The lowest BCUT2D eigenvalue weighted by molar-refractivity contribution is 0.595. The number of anilines is 1. The van der Waals surface area contributed by atoms with E-state index in [4.69, 9.17) is 0 Å². The van der Waals surface area contributed by atoms with Gasteiger partial charge >= 0.3 is 0 Å². The summed E-state index contributed by atoms with van der Waals surface area (Å²) in [5.74, 6) is 0.716. The predicted molar refractivity (Wildman–Crippen MR) is 76.4 cm³/mol. The van der Waals surface area contributed by atoms with E-state index in [9.17, 15) is 8.42 Å². The molecular weight excluding hydrogens is 246 g/mol. The Labute approximate surface area is 109 Å². The summed E-state index contributed by atoms with van der Waals surface area (Å²) in [6.45, 7) is 5.41. The Balaban J connectivity index is 2.46. The normalized spacial score (nSPS) is 15.4. The highest BCUT2D eigenvalue weighted by Gasteiger charge is 2.25. The van der Waals surface area contributed by atoms with Gasteiger partial charge in [-0.3, -0.25) is 4.31 Å². The maximum Gasteiger partial charge on any atom is 0.234 e. The van der Waals surface area contributed by atoms with Crippen LogP contribution >= 0.6 is 0 Å². The van der Waals surface area contributed by atoms with E-state index in [2.05, 4.69) is 12.6 Å². The van der Waals surface area contributed by atoms with E-state index in [0.29, 0.717) is 5.92 Å². The van der Waals surface area contributed by atoms with Crippen molar-refractivity contribution in [3.63, 3.8) is 0 Å². The predicted octanol–water partition coefficient (Wildman–Crippen LogP) is 2.99. The van der Waals surface area contributed by atoms with Crippen molar-refractivity contribution in [3.05, 3.63) is 35.9 Å². The third-order valence-electron chi connectivity index (χ3n) is 3.44. The topological polar surface area (TPSA) is 37.4 Å². The molecule has 0 atom stereocenters. The van der Waals surface area contributed by atoms with Crippen LogP contribution in [0.3, 0.4) is 0 Å². The lowest BCUT2D eigenvalue weighted by Crippen LogP contribution is -2.28. The average molecular weight is 265 g/mol. The molecule has 1 saturated carbocycles. The Kier molecular flexibility index (Phi) is 3.48. The quantitative estimate of drug-likeness (QED) is 0.820. The van der Waals surface area contributed by atoms with Gasteiger partial charge in [-0.2, -0.15) is 0 Å². The van der Waals surface area contributed by atoms with E-state index in [1.54, 1.807) is 20.0 Å². The largest absolute Gasteiger partial charge is 0.273 e. The molecule has 0 heterocycles. The maximum absolute atomic E-state index is 12.0. The molecule has 3 nitrogen and oxygen atoms in total. The van der Waals surface area contributed by atoms with Gasteiger partial charge in [0.15, 0.2) is 0 Å². The molecule has 98 valence electrons. The Morgan fingerprint density at radius 1 is 1.44 bits per heavy atom. The SMILES string of the molecule is C=Cc1ccc(C2CC2)cc1N(C)S(=O)(=O)CC. The molecule has 0 spiro atoms. The van der Waals surface area contributed by atoms with Crippen LogP contribution in [0.4, 0.5) is 5.69 Å². The standard InChI is InChI=1S/C14H19NO2S/c1-4-11-6-9-13(12-7-8-12)10-14(11)15(3)18(16,17)5-2/h4,6,9-10,12H,1,5,7-8H2,2-3H3. The third-order valence-corrected chi connectivity index (χ3v) is 5.21. The number of benzene rings is 1. The monoisotopic (exact) mass is 265 g/mol. The molecule has 1 fully saturated rings. The van der Waals surface area contributed by atoms with Crippen LogP contribution in [-0.2, 0) is 10.0 Å². The van der Waals surface area contributed by atoms with Crippen molar-refractivity contribution < 1.29 is 8.42 Å². The molecule has 0 saturated heterocycles. The van der Waals surface area contributed by atoms with Gasteiger partial charge in [0.1, 0.15) is 0 Å². The molecule has 1 aromatic carbocycles. The van der Waals surface area contributed by atoms with Crippen molar-refractivity contribution in [1.29, 1.82) is 0 Å². The molecule has 1 aliphatic rings. The molecule has 0 bridgehead atoms. The molecule has 0 N–H and O–H groups in total. The van der Waals surface area contributed by atoms with Gasteiger partial charge in [0, 0.05) is 7.05 Å². The summed E-state index contributed by atoms with van der Waals surface area (Å²) >= 11 is 0. The van der Waals surface area contributed by atoms with Crippen molar-refractivity contribution in [1.82, 2.24) is 0 Å². The van der Waals surface area contributed by atoms with Gasteiger partial charge in [-0.25, -0.2) is 8.42 Å². The van der Waals surface area contributed by atoms with Crippen LogP contribution in [0.5, 0.6) is 0 Å². The first-order valence-electron chi connectivity index (χ1n) is 6.22. The number of hydrogen-bond donors (Lipinski definition) is 0. The van der Waals surface area contributed by atoms with Crippen LogP contribution < -0.4 is 4.31 Å². The first-order chi connectivity index (χ1) is 8.49. The Morgan fingerprint density at radius 3 is 2.61 bits per heavy atom. The zero-order chi connectivity index (χ0) is 13.3. The zero-order valence-corrected chi connectivity index (χ0v) is 11.7. The van der Waals surface area contributed by atoms with Gasteiger partial charge in [0.05, 0.1) is 11.4 Å². The minimum Gasteiger partial charge on any atom is -0.273 e. The fraction of sp³-hybridized carbons (Fsp3) is 0.429. The fourth-order valence-corrected chi connectivity index (χ4v) is 2.87. The van der Waals surface area contributed by atoms with Crippen LogP contribution in [0.2, 0.25) is 0 Å². The number of hydrogen-bond acceptors (Lipinski definition) is 2. The van der Waals surface area contributed by atoms with Crippen LogP contribution in [0.1, 0.15) is 36.8 Å². The molecule has 0 radical (unpaired) electrons. The van der Waals surface area contributed by atoms with E-state index < -0.39 is 10.0 Å². The van der Waals surface area contributed by atoms with E-state index in [-0.39, 0.29) is 5.75 Å². The van der Waals surface area contributed by atoms with Gasteiger partial charge in [-0.05, 0) is 42.9 Å². The molecule has 0 aromatic heterocycles. The zero-order valence-electron chi connectivity index (χ0n) is 10.9. The second-order valence-corrected chi connectivity index (χ2v) is 6.95. The summed E-state index contributed by atoms with van der Waals surface area (Å²) in [7, 11) is -1.61. The first kappa shape index (κ1) is 13.1. The van der Waals surface area contributed by atoms with Crippen LogP contribution in [0, 0.1) is 0 Å². The average Bonchev–Trinajstić information content (AvgIpc) is 3.21. The fourth-order valence-electron chi connectivity index (χ4n) is 2.02. The number of rotatable bonds is 5. The molecule has 0 aliphatic heterocycles. The lowest BCUT2D eigenvalue weighted by Gasteiger charge is -2.21. The van der Waals surface area contributed by atoms with Crippen LogP contribution in [0.25, 0.3) is 6.08 Å². The highest BCUT2D eigenvalue weighted by Crippen LogP contribution is 2.42. The van der Waals surface area contributed by atoms with E-state index in [0.717, 1.165) is 11.3 Å². The number of nitrogens with zero attached hydrogens (tertiary/aromatic N) is 1. The summed E-state index contributed by atoms with van der Waals surface area (Å²) < 4.78 is 25.3. The molecule has 2 rings (SSSR count). The Hall–Kier alpha value is -1.29. The molecule has 1 aliphatic carbocycles.